The van der Waals surface area contributed by atoms with Crippen molar-refractivity contribution in [2.24, 2.45) is 0 Å². The van der Waals surface area contributed by atoms with Crippen LogP contribution in [-0.2, 0) is 0 Å². The van der Waals surface area contributed by atoms with Crippen molar-refractivity contribution in [2.45, 2.75) is 10.4 Å². The molecule has 0 atom stereocenters. The van der Waals surface area contributed by atoms with Crippen molar-refractivity contribution in [3.63, 3.8) is 0 Å². The lowest BCUT2D eigenvalue weighted by molar-refractivity contribution is -0.0328. The van der Waals surface area contributed by atoms with E-state index in [-0.39, 0.29) is 22.2 Å². The highest BCUT2D eigenvalue weighted by atomic mass is 79.9. The molecule has 0 N–H and O–H groups in total. The van der Waals surface area contributed by atoms with E-state index < -0.39 is 5.51 Å². The molecule has 0 aliphatic rings. The van der Waals surface area contributed by atoms with E-state index in [1.165, 1.54) is 18.2 Å². The average Bonchev–Trinajstić information content (AvgIpc) is 2.01. The Kier molecular flexibility index (Phi) is 3.60. The number of aldehydes is 1. The Labute approximate surface area is 90.8 Å². The SMILES string of the molecule is O=Cc1ccc(Br)cc1SC(F)(F)F. The van der Waals surface area contributed by atoms with Gasteiger partial charge in [-0.25, -0.2) is 0 Å². The number of alkyl halides is 3. The molecular weight excluding hydrogens is 281 g/mol. The lowest BCUT2D eigenvalue weighted by Crippen LogP contribution is -2.00. The van der Waals surface area contributed by atoms with Crippen LogP contribution in [0.25, 0.3) is 0 Å². The zero-order valence-corrected chi connectivity index (χ0v) is 9.04. The summed E-state index contributed by atoms with van der Waals surface area (Å²) in [6, 6.07) is 4.12. The normalized spacial score (nSPS) is 11.4. The van der Waals surface area contributed by atoms with Crippen LogP contribution in [0.2, 0.25) is 0 Å². The van der Waals surface area contributed by atoms with Gasteiger partial charge in [-0.2, -0.15) is 13.2 Å². The van der Waals surface area contributed by atoms with Gasteiger partial charge in [0.15, 0.2) is 6.29 Å². The van der Waals surface area contributed by atoms with Crippen LogP contribution in [-0.4, -0.2) is 11.8 Å². The maximum absolute atomic E-state index is 12.0. The molecule has 0 amide bonds. The maximum atomic E-state index is 12.0. The van der Waals surface area contributed by atoms with Crippen LogP contribution in [0.5, 0.6) is 0 Å². The Morgan fingerprint density at radius 2 is 2.00 bits per heavy atom. The quantitative estimate of drug-likeness (QED) is 0.606. The summed E-state index contributed by atoms with van der Waals surface area (Å²) in [5, 5.41) is 0. The highest BCUT2D eigenvalue weighted by Gasteiger charge is 2.30. The minimum atomic E-state index is -4.38. The Morgan fingerprint density at radius 1 is 1.36 bits per heavy atom. The van der Waals surface area contributed by atoms with Crippen LogP contribution < -0.4 is 0 Å². The first-order valence-corrected chi connectivity index (χ1v) is 5.04. The lowest BCUT2D eigenvalue weighted by atomic mass is 10.2. The number of hydrogen-bond donors (Lipinski definition) is 0. The van der Waals surface area contributed by atoms with Gasteiger partial charge in [0.25, 0.3) is 0 Å². The zero-order valence-electron chi connectivity index (χ0n) is 6.64. The Hall–Kier alpha value is -0.490. The van der Waals surface area contributed by atoms with Crippen LogP contribution in [0.4, 0.5) is 13.2 Å². The molecule has 0 saturated heterocycles. The number of benzene rings is 1. The molecule has 14 heavy (non-hydrogen) atoms. The van der Waals surface area contributed by atoms with Gasteiger partial charge in [-0.05, 0) is 30.0 Å². The van der Waals surface area contributed by atoms with E-state index in [0.29, 0.717) is 10.8 Å². The molecule has 0 aliphatic carbocycles. The van der Waals surface area contributed by atoms with Crippen molar-refractivity contribution >= 4 is 34.0 Å². The van der Waals surface area contributed by atoms with Crippen molar-refractivity contribution in [3.8, 4) is 0 Å². The van der Waals surface area contributed by atoms with Crippen LogP contribution in [0.3, 0.4) is 0 Å². The molecule has 1 aromatic carbocycles. The number of carbonyl (C=O) groups excluding carboxylic acids is 1. The third kappa shape index (κ3) is 3.34. The van der Waals surface area contributed by atoms with Crippen LogP contribution in [0.1, 0.15) is 10.4 Å². The van der Waals surface area contributed by atoms with E-state index in [9.17, 15) is 18.0 Å². The first-order chi connectivity index (χ1) is 6.42. The molecule has 0 radical (unpaired) electrons. The highest BCUT2D eigenvalue weighted by molar-refractivity contribution is 9.10. The second-order valence-corrected chi connectivity index (χ2v) is 4.37. The molecule has 6 heteroatoms. The smallest absolute Gasteiger partial charge is 0.298 e. The van der Waals surface area contributed by atoms with Crippen LogP contribution >= 0.6 is 27.7 Å². The van der Waals surface area contributed by atoms with Gasteiger partial charge in [0.05, 0.1) is 0 Å². The van der Waals surface area contributed by atoms with E-state index in [1.54, 1.807) is 0 Å². The van der Waals surface area contributed by atoms with Crippen molar-refractivity contribution in [1.29, 1.82) is 0 Å². The summed E-state index contributed by atoms with van der Waals surface area (Å²) >= 11 is 2.74. The minimum Gasteiger partial charge on any atom is -0.298 e. The Bertz CT molecular complexity index is 351. The summed E-state index contributed by atoms with van der Waals surface area (Å²) in [4.78, 5) is 10.3. The third-order valence-corrected chi connectivity index (χ3v) is 2.63. The summed E-state index contributed by atoms with van der Waals surface area (Å²) < 4.78 is 36.6. The van der Waals surface area contributed by atoms with Crippen molar-refractivity contribution in [2.75, 3.05) is 0 Å². The number of hydrogen-bond acceptors (Lipinski definition) is 2. The van der Waals surface area contributed by atoms with E-state index in [2.05, 4.69) is 15.9 Å². The second kappa shape index (κ2) is 4.35. The molecule has 0 aliphatic heterocycles. The van der Waals surface area contributed by atoms with Crippen LogP contribution in [0.15, 0.2) is 27.6 Å². The molecule has 1 aromatic rings. The second-order valence-electron chi connectivity index (χ2n) is 2.35. The Morgan fingerprint density at radius 3 is 2.50 bits per heavy atom. The minimum absolute atomic E-state index is 0.0375. The number of thioether (sulfide) groups is 1. The largest absolute Gasteiger partial charge is 0.446 e. The third-order valence-electron chi connectivity index (χ3n) is 1.33. The summed E-state index contributed by atoms with van der Waals surface area (Å²) in [7, 11) is 0. The maximum Gasteiger partial charge on any atom is 0.446 e. The van der Waals surface area contributed by atoms with E-state index >= 15 is 0 Å². The predicted octanol–water partition coefficient (Wildman–Crippen LogP) is 3.87. The van der Waals surface area contributed by atoms with Crippen molar-refractivity contribution in [1.82, 2.24) is 0 Å². The summed E-state index contributed by atoms with van der Waals surface area (Å²) in [5.41, 5.74) is -4.34. The predicted molar refractivity (Wildman–Crippen MR) is 51.4 cm³/mol. The zero-order chi connectivity index (χ0) is 10.8. The molecule has 0 heterocycles. The highest BCUT2D eigenvalue weighted by Crippen LogP contribution is 2.39. The standard InChI is InChI=1S/C8H4BrF3OS/c9-6-2-1-5(4-13)7(3-6)14-8(10,11)12/h1-4H. The molecule has 0 aromatic heterocycles. The molecular formula is C8H4BrF3OS. The fraction of sp³-hybridized carbons (Fsp3) is 0.125. The van der Waals surface area contributed by atoms with E-state index in [4.69, 9.17) is 0 Å². The van der Waals surface area contributed by atoms with Gasteiger partial charge < -0.3 is 0 Å². The molecule has 0 spiro atoms. The number of carbonyl (C=O) groups is 1. The average molecular weight is 285 g/mol. The van der Waals surface area contributed by atoms with Gasteiger partial charge in [-0.3, -0.25) is 4.79 Å². The van der Waals surface area contributed by atoms with Crippen LogP contribution in [0, 0.1) is 0 Å². The van der Waals surface area contributed by atoms with Crippen molar-refractivity contribution < 1.29 is 18.0 Å². The van der Waals surface area contributed by atoms with Gasteiger partial charge in [0, 0.05) is 14.9 Å². The summed E-state index contributed by atoms with van der Waals surface area (Å²) in [6.07, 6.45) is 0.403. The van der Waals surface area contributed by atoms with E-state index in [0.717, 1.165) is 0 Å². The summed E-state index contributed by atoms with van der Waals surface area (Å²) in [6.45, 7) is 0. The lowest BCUT2D eigenvalue weighted by Gasteiger charge is -2.07. The summed E-state index contributed by atoms with van der Waals surface area (Å²) in [5.74, 6) is 0. The number of rotatable bonds is 2. The number of halogens is 4. The molecule has 0 saturated carbocycles. The molecule has 0 fully saturated rings. The fourth-order valence-electron chi connectivity index (χ4n) is 0.819. The van der Waals surface area contributed by atoms with Gasteiger partial charge in [-0.15, -0.1) is 0 Å². The topological polar surface area (TPSA) is 17.1 Å². The van der Waals surface area contributed by atoms with Gasteiger partial charge in [0.1, 0.15) is 0 Å². The molecule has 0 bridgehead atoms. The van der Waals surface area contributed by atoms with Gasteiger partial charge in [-0.1, -0.05) is 15.9 Å². The fourth-order valence-corrected chi connectivity index (χ4v) is 2.00. The molecule has 1 rings (SSSR count). The van der Waals surface area contributed by atoms with E-state index in [1.807, 2.05) is 0 Å². The van der Waals surface area contributed by atoms with Crippen molar-refractivity contribution in [3.05, 3.63) is 28.2 Å². The molecule has 0 unspecified atom stereocenters. The monoisotopic (exact) mass is 284 g/mol. The Balaban J connectivity index is 3.05. The van der Waals surface area contributed by atoms with Gasteiger partial charge in [0.2, 0.25) is 0 Å². The first-order valence-electron chi connectivity index (χ1n) is 3.43. The first kappa shape index (κ1) is 11.6. The molecule has 76 valence electrons. The molecule has 1 nitrogen and oxygen atoms in total. The van der Waals surface area contributed by atoms with Gasteiger partial charge >= 0.3 is 5.51 Å².